The van der Waals surface area contributed by atoms with Crippen molar-refractivity contribution in [3.63, 3.8) is 0 Å². The summed E-state index contributed by atoms with van der Waals surface area (Å²) in [5, 5.41) is 6.79. The molecule has 0 radical (unpaired) electrons. The number of rotatable bonds is 4. The lowest BCUT2D eigenvalue weighted by Crippen LogP contribution is -2.24. The zero-order valence-corrected chi connectivity index (χ0v) is 11.7. The maximum absolute atomic E-state index is 4.58. The Morgan fingerprint density at radius 2 is 1.83 bits per heavy atom. The number of aryl methyl sites for hydroxylation is 1. The molecular weight excluding hydrogens is 224 g/mol. The van der Waals surface area contributed by atoms with Gasteiger partial charge in [0.15, 0.2) is 0 Å². The molecule has 4 nitrogen and oxygen atoms in total. The van der Waals surface area contributed by atoms with E-state index in [1.54, 1.807) is 0 Å². The Bertz CT molecular complexity index is 397. The molecule has 2 N–H and O–H groups in total. The van der Waals surface area contributed by atoms with E-state index in [9.17, 15) is 0 Å². The fourth-order valence-electron chi connectivity index (χ4n) is 2.45. The van der Waals surface area contributed by atoms with Crippen LogP contribution < -0.4 is 10.6 Å². The lowest BCUT2D eigenvalue weighted by Gasteiger charge is -2.24. The molecule has 0 amide bonds. The Morgan fingerprint density at radius 1 is 1.11 bits per heavy atom. The van der Waals surface area contributed by atoms with Crippen LogP contribution in [-0.4, -0.2) is 22.6 Å². The molecule has 1 saturated carbocycles. The molecule has 100 valence electrons. The summed E-state index contributed by atoms with van der Waals surface area (Å²) in [5.41, 5.74) is 2.22. The highest BCUT2D eigenvalue weighted by Gasteiger charge is 2.16. The van der Waals surface area contributed by atoms with Gasteiger partial charge in [-0.3, -0.25) is 0 Å². The summed E-state index contributed by atoms with van der Waals surface area (Å²) in [5.74, 6) is 1.74. The zero-order valence-electron chi connectivity index (χ0n) is 11.7. The Balaban J connectivity index is 2.14. The highest BCUT2D eigenvalue weighted by atomic mass is 15.1. The second-order valence-electron chi connectivity index (χ2n) is 5.12. The first-order valence-electron chi connectivity index (χ1n) is 7.06. The van der Waals surface area contributed by atoms with Gasteiger partial charge in [0, 0.05) is 23.8 Å². The second-order valence-corrected chi connectivity index (χ2v) is 5.12. The van der Waals surface area contributed by atoms with Gasteiger partial charge < -0.3 is 10.6 Å². The lowest BCUT2D eigenvalue weighted by atomic mass is 9.95. The van der Waals surface area contributed by atoms with Crippen LogP contribution in [0.3, 0.4) is 0 Å². The van der Waals surface area contributed by atoms with Crippen LogP contribution in [0, 0.1) is 13.8 Å². The van der Waals surface area contributed by atoms with Gasteiger partial charge >= 0.3 is 0 Å². The van der Waals surface area contributed by atoms with E-state index in [1.165, 1.54) is 37.7 Å². The molecular formula is C14H24N4. The minimum Gasteiger partial charge on any atom is -0.367 e. The van der Waals surface area contributed by atoms with Crippen molar-refractivity contribution in [1.82, 2.24) is 9.97 Å². The quantitative estimate of drug-likeness (QED) is 0.858. The fourth-order valence-corrected chi connectivity index (χ4v) is 2.45. The van der Waals surface area contributed by atoms with Crippen molar-refractivity contribution in [2.75, 3.05) is 17.2 Å². The van der Waals surface area contributed by atoms with Crippen LogP contribution in [0.1, 0.15) is 50.3 Å². The Kier molecular flexibility index (Phi) is 4.39. The van der Waals surface area contributed by atoms with Crippen molar-refractivity contribution >= 4 is 11.8 Å². The molecule has 1 heterocycles. The van der Waals surface area contributed by atoms with Crippen molar-refractivity contribution in [2.45, 2.75) is 58.9 Å². The van der Waals surface area contributed by atoms with Gasteiger partial charge in [0.1, 0.15) is 5.82 Å². The zero-order chi connectivity index (χ0) is 13.0. The van der Waals surface area contributed by atoms with Crippen molar-refractivity contribution in [3.8, 4) is 0 Å². The smallest absolute Gasteiger partial charge is 0.224 e. The topological polar surface area (TPSA) is 49.8 Å². The van der Waals surface area contributed by atoms with E-state index in [0.29, 0.717) is 6.04 Å². The lowest BCUT2D eigenvalue weighted by molar-refractivity contribution is 0.461. The highest BCUT2D eigenvalue weighted by molar-refractivity contribution is 5.50. The van der Waals surface area contributed by atoms with E-state index in [1.807, 2.05) is 6.92 Å². The summed E-state index contributed by atoms with van der Waals surface area (Å²) in [6.07, 6.45) is 6.57. The molecule has 0 bridgehead atoms. The van der Waals surface area contributed by atoms with E-state index in [0.717, 1.165) is 24.0 Å². The average molecular weight is 248 g/mol. The third kappa shape index (κ3) is 3.12. The summed E-state index contributed by atoms with van der Waals surface area (Å²) in [6, 6.07) is 0.584. The Morgan fingerprint density at radius 3 is 2.50 bits per heavy atom. The van der Waals surface area contributed by atoms with Crippen molar-refractivity contribution in [2.24, 2.45) is 0 Å². The number of anilines is 2. The average Bonchev–Trinajstić information content (AvgIpc) is 2.37. The number of hydrogen-bond acceptors (Lipinski definition) is 4. The first-order chi connectivity index (χ1) is 8.70. The van der Waals surface area contributed by atoms with E-state index in [2.05, 4.69) is 34.4 Å². The van der Waals surface area contributed by atoms with Gasteiger partial charge in [0.2, 0.25) is 5.95 Å². The van der Waals surface area contributed by atoms with Gasteiger partial charge in [-0.2, -0.15) is 4.98 Å². The SMILES string of the molecule is CCNc1nc(C)c(C)c(NC2CCCCC2)n1. The van der Waals surface area contributed by atoms with Crippen LogP contribution in [0.5, 0.6) is 0 Å². The fraction of sp³-hybridized carbons (Fsp3) is 0.714. The summed E-state index contributed by atoms with van der Waals surface area (Å²) in [7, 11) is 0. The normalized spacial score (nSPS) is 16.6. The van der Waals surface area contributed by atoms with Crippen LogP contribution in [0.4, 0.5) is 11.8 Å². The highest BCUT2D eigenvalue weighted by Crippen LogP contribution is 2.24. The van der Waals surface area contributed by atoms with Crippen molar-refractivity contribution in [3.05, 3.63) is 11.3 Å². The van der Waals surface area contributed by atoms with E-state index >= 15 is 0 Å². The maximum atomic E-state index is 4.58. The molecule has 1 aromatic heterocycles. The summed E-state index contributed by atoms with van der Waals surface area (Å²) in [4.78, 5) is 9.04. The molecule has 1 aliphatic carbocycles. The van der Waals surface area contributed by atoms with Crippen LogP contribution in [0.25, 0.3) is 0 Å². The number of aromatic nitrogens is 2. The molecule has 0 saturated heterocycles. The molecule has 0 unspecified atom stereocenters. The molecule has 4 heteroatoms. The summed E-state index contributed by atoms with van der Waals surface area (Å²) < 4.78 is 0. The molecule has 1 aliphatic rings. The van der Waals surface area contributed by atoms with Gasteiger partial charge in [-0.25, -0.2) is 4.98 Å². The number of hydrogen-bond donors (Lipinski definition) is 2. The van der Waals surface area contributed by atoms with Crippen molar-refractivity contribution < 1.29 is 0 Å². The monoisotopic (exact) mass is 248 g/mol. The Hall–Kier alpha value is -1.32. The van der Waals surface area contributed by atoms with Crippen LogP contribution in [0.2, 0.25) is 0 Å². The Labute approximate surface area is 110 Å². The van der Waals surface area contributed by atoms with E-state index in [4.69, 9.17) is 0 Å². The van der Waals surface area contributed by atoms with Gasteiger partial charge in [-0.05, 0) is 33.6 Å². The molecule has 1 aromatic rings. The molecule has 0 aliphatic heterocycles. The first-order valence-corrected chi connectivity index (χ1v) is 7.06. The van der Waals surface area contributed by atoms with Gasteiger partial charge in [0.25, 0.3) is 0 Å². The molecule has 2 rings (SSSR count). The van der Waals surface area contributed by atoms with Crippen molar-refractivity contribution in [1.29, 1.82) is 0 Å². The molecule has 18 heavy (non-hydrogen) atoms. The number of nitrogens with one attached hydrogen (secondary N) is 2. The summed E-state index contributed by atoms with van der Waals surface area (Å²) >= 11 is 0. The third-order valence-electron chi connectivity index (χ3n) is 3.67. The second kappa shape index (κ2) is 6.03. The van der Waals surface area contributed by atoms with Crippen LogP contribution in [-0.2, 0) is 0 Å². The van der Waals surface area contributed by atoms with Gasteiger partial charge in [0.05, 0.1) is 0 Å². The minimum atomic E-state index is 0.584. The molecule has 0 aromatic carbocycles. The maximum Gasteiger partial charge on any atom is 0.224 e. The third-order valence-corrected chi connectivity index (χ3v) is 3.67. The van der Waals surface area contributed by atoms with Crippen LogP contribution >= 0.6 is 0 Å². The van der Waals surface area contributed by atoms with Gasteiger partial charge in [-0.15, -0.1) is 0 Å². The van der Waals surface area contributed by atoms with Gasteiger partial charge in [-0.1, -0.05) is 19.3 Å². The summed E-state index contributed by atoms with van der Waals surface area (Å²) in [6.45, 7) is 7.05. The number of nitrogens with zero attached hydrogens (tertiary/aromatic N) is 2. The largest absolute Gasteiger partial charge is 0.367 e. The first kappa shape index (κ1) is 13.1. The minimum absolute atomic E-state index is 0.584. The molecule has 1 fully saturated rings. The predicted molar refractivity (Wildman–Crippen MR) is 76.2 cm³/mol. The standard InChI is InChI=1S/C14H24N4/c1-4-15-14-16-11(3)10(2)13(18-14)17-12-8-6-5-7-9-12/h12H,4-9H2,1-3H3,(H2,15,16,17,18). The molecule has 0 atom stereocenters. The van der Waals surface area contributed by atoms with Crippen LogP contribution in [0.15, 0.2) is 0 Å². The van der Waals surface area contributed by atoms with E-state index < -0.39 is 0 Å². The molecule has 0 spiro atoms. The van der Waals surface area contributed by atoms with E-state index in [-0.39, 0.29) is 0 Å². The predicted octanol–water partition coefficient (Wildman–Crippen LogP) is 3.27.